The van der Waals surface area contributed by atoms with Crippen LogP contribution in [0.4, 0.5) is 0 Å². The van der Waals surface area contributed by atoms with Crippen LogP contribution in [0.2, 0.25) is 5.02 Å². The van der Waals surface area contributed by atoms with Crippen LogP contribution in [0.1, 0.15) is 6.42 Å². The second-order valence-electron chi connectivity index (χ2n) is 3.93. The van der Waals surface area contributed by atoms with Gasteiger partial charge in [0.15, 0.2) is 0 Å². The average Bonchev–Trinajstić information content (AvgIpc) is 2.83. The van der Waals surface area contributed by atoms with Gasteiger partial charge >= 0.3 is 0 Å². The Morgan fingerprint density at radius 3 is 3.07 bits per heavy atom. The van der Waals surface area contributed by atoms with Crippen LogP contribution in [0.5, 0.6) is 5.88 Å². The Labute approximate surface area is 86.8 Å². The number of ether oxygens (including phenoxy) is 1. The van der Waals surface area contributed by atoms with E-state index in [1.54, 1.807) is 0 Å². The number of rotatable bonds is 2. The maximum absolute atomic E-state index is 5.83. The molecule has 3 rings (SSSR count). The number of hydrogen-bond acceptors (Lipinski definition) is 4. The summed E-state index contributed by atoms with van der Waals surface area (Å²) in [6.45, 7) is 3.35. The molecule has 0 radical (unpaired) electrons. The summed E-state index contributed by atoms with van der Waals surface area (Å²) in [5.74, 6) is 1.08. The van der Waals surface area contributed by atoms with Crippen LogP contribution in [-0.2, 0) is 0 Å². The normalized spacial score (nSPS) is 35.1. The molecule has 2 bridgehead atoms. The Balaban J connectivity index is 1.71. The highest BCUT2D eigenvalue weighted by Gasteiger charge is 2.40. The standard InChI is InChI=1S/C9H11ClN2O2/c10-7-5-13-11-9(7)14-8-4-12-2-1-6(8)3-12/h5-6,8H,1-4H2. The van der Waals surface area contributed by atoms with Crippen molar-refractivity contribution in [1.82, 2.24) is 10.1 Å². The first-order chi connectivity index (χ1) is 6.83. The highest BCUT2D eigenvalue weighted by atomic mass is 35.5. The van der Waals surface area contributed by atoms with Crippen LogP contribution >= 0.6 is 11.6 Å². The van der Waals surface area contributed by atoms with E-state index in [2.05, 4.69) is 10.1 Å². The van der Waals surface area contributed by atoms with Crippen LogP contribution in [0.15, 0.2) is 10.8 Å². The van der Waals surface area contributed by atoms with Gasteiger partial charge in [-0.05, 0) is 18.1 Å². The lowest BCUT2D eigenvalue weighted by Gasteiger charge is -2.21. The van der Waals surface area contributed by atoms with E-state index in [9.17, 15) is 0 Å². The van der Waals surface area contributed by atoms with Gasteiger partial charge in [0.2, 0.25) is 0 Å². The predicted octanol–water partition coefficient (Wildman–Crippen LogP) is 1.41. The average molecular weight is 215 g/mol. The molecule has 3 unspecified atom stereocenters. The molecule has 5 heteroatoms. The summed E-state index contributed by atoms with van der Waals surface area (Å²) < 4.78 is 10.4. The quantitative estimate of drug-likeness (QED) is 0.746. The van der Waals surface area contributed by atoms with Gasteiger partial charge in [-0.3, -0.25) is 4.90 Å². The summed E-state index contributed by atoms with van der Waals surface area (Å²) in [5, 5.41) is 4.18. The first-order valence-corrected chi connectivity index (χ1v) is 5.19. The van der Waals surface area contributed by atoms with Gasteiger partial charge in [-0.1, -0.05) is 11.6 Å². The highest BCUT2D eigenvalue weighted by Crippen LogP contribution is 2.32. The van der Waals surface area contributed by atoms with E-state index in [1.807, 2.05) is 0 Å². The van der Waals surface area contributed by atoms with Gasteiger partial charge in [-0.15, -0.1) is 0 Å². The molecule has 76 valence electrons. The first kappa shape index (κ1) is 8.56. The van der Waals surface area contributed by atoms with Crippen molar-refractivity contribution >= 4 is 11.6 Å². The molecule has 2 aliphatic heterocycles. The molecule has 14 heavy (non-hydrogen) atoms. The van der Waals surface area contributed by atoms with Crippen molar-refractivity contribution in [1.29, 1.82) is 0 Å². The van der Waals surface area contributed by atoms with Gasteiger partial charge in [0.25, 0.3) is 5.88 Å². The van der Waals surface area contributed by atoms with Gasteiger partial charge in [-0.2, -0.15) is 0 Å². The molecule has 2 saturated heterocycles. The Morgan fingerprint density at radius 1 is 1.57 bits per heavy atom. The fourth-order valence-corrected chi connectivity index (χ4v) is 2.42. The molecular weight excluding hydrogens is 204 g/mol. The molecule has 0 saturated carbocycles. The highest BCUT2D eigenvalue weighted by molar-refractivity contribution is 6.31. The van der Waals surface area contributed by atoms with Crippen LogP contribution in [0, 0.1) is 5.92 Å². The minimum absolute atomic E-state index is 0.242. The fraction of sp³-hybridized carbons (Fsp3) is 0.667. The molecule has 1 aromatic rings. The number of piperidine rings is 1. The van der Waals surface area contributed by atoms with E-state index < -0.39 is 0 Å². The van der Waals surface area contributed by atoms with E-state index in [1.165, 1.54) is 19.2 Å². The maximum Gasteiger partial charge on any atom is 0.273 e. The lowest BCUT2D eigenvalue weighted by Crippen LogP contribution is -2.32. The Bertz CT molecular complexity index is 341. The van der Waals surface area contributed by atoms with Crippen LogP contribution < -0.4 is 4.74 Å². The van der Waals surface area contributed by atoms with E-state index in [-0.39, 0.29) is 6.10 Å². The van der Waals surface area contributed by atoms with E-state index in [0.29, 0.717) is 16.8 Å². The van der Waals surface area contributed by atoms with E-state index >= 15 is 0 Å². The monoisotopic (exact) mass is 214 g/mol. The van der Waals surface area contributed by atoms with Crippen molar-refractivity contribution in [3.8, 4) is 5.88 Å². The predicted molar refractivity (Wildman–Crippen MR) is 50.5 cm³/mol. The Hall–Kier alpha value is -0.740. The summed E-state index contributed by atoms with van der Waals surface area (Å²) in [7, 11) is 0. The number of aromatic nitrogens is 1. The fourth-order valence-electron chi connectivity index (χ4n) is 2.30. The van der Waals surface area contributed by atoms with Crippen LogP contribution in [-0.4, -0.2) is 35.8 Å². The topological polar surface area (TPSA) is 38.5 Å². The summed E-state index contributed by atoms with van der Waals surface area (Å²) in [6.07, 6.45) is 2.86. The number of hydrogen-bond donors (Lipinski definition) is 0. The van der Waals surface area contributed by atoms with Gasteiger partial charge in [0, 0.05) is 19.0 Å². The van der Waals surface area contributed by atoms with E-state index in [4.69, 9.17) is 20.9 Å². The summed E-state index contributed by atoms with van der Waals surface area (Å²) >= 11 is 5.83. The maximum atomic E-state index is 5.83. The number of fused-ring (bicyclic) bond motifs is 2. The SMILES string of the molecule is Clc1conc1OC1CN2CCC1C2. The zero-order valence-corrected chi connectivity index (χ0v) is 8.41. The van der Waals surface area contributed by atoms with Gasteiger partial charge in [0.05, 0.1) is 0 Å². The summed E-state index contributed by atoms with van der Waals surface area (Å²) in [6, 6.07) is 0. The van der Waals surface area contributed by atoms with Gasteiger partial charge in [0.1, 0.15) is 17.4 Å². The molecule has 1 aromatic heterocycles. The Morgan fingerprint density at radius 2 is 2.50 bits per heavy atom. The van der Waals surface area contributed by atoms with E-state index in [0.717, 1.165) is 13.1 Å². The summed E-state index contributed by atoms with van der Waals surface area (Å²) in [4.78, 5) is 2.41. The lowest BCUT2D eigenvalue weighted by molar-refractivity contribution is 0.130. The molecule has 4 nitrogen and oxygen atoms in total. The van der Waals surface area contributed by atoms with Crippen LogP contribution in [0.3, 0.4) is 0 Å². The molecule has 2 fully saturated rings. The summed E-state index contributed by atoms with van der Waals surface area (Å²) in [5.41, 5.74) is 0. The molecule has 0 N–H and O–H groups in total. The van der Waals surface area contributed by atoms with Crippen molar-refractivity contribution in [2.45, 2.75) is 12.5 Å². The van der Waals surface area contributed by atoms with Crippen molar-refractivity contribution < 1.29 is 9.26 Å². The second kappa shape index (κ2) is 3.14. The minimum Gasteiger partial charge on any atom is -0.469 e. The third kappa shape index (κ3) is 1.29. The minimum atomic E-state index is 0.242. The van der Waals surface area contributed by atoms with Crippen LogP contribution in [0.25, 0.3) is 0 Å². The molecule has 0 aliphatic carbocycles. The molecule has 0 aromatic carbocycles. The molecule has 3 atom stereocenters. The van der Waals surface area contributed by atoms with Crippen molar-refractivity contribution in [2.75, 3.05) is 19.6 Å². The molecule has 2 aliphatic rings. The van der Waals surface area contributed by atoms with Crippen molar-refractivity contribution in [2.24, 2.45) is 5.92 Å². The first-order valence-electron chi connectivity index (χ1n) is 4.82. The molecule has 3 heterocycles. The second-order valence-corrected chi connectivity index (χ2v) is 4.34. The molecule has 0 spiro atoms. The number of halogens is 1. The van der Waals surface area contributed by atoms with Gasteiger partial charge < -0.3 is 9.26 Å². The smallest absolute Gasteiger partial charge is 0.273 e. The largest absolute Gasteiger partial charge is 0.469 e. The zero-order chi connectivity index (χ0) is 9.54. The molecular formula is C9H11ClN2O2. The lowest BCUT2D eigenvalue weighted by atomic mass is 10.0. The zero-order valence-electron chi connectivity index (χ0n) is 7.65. The van der Waals surface area contributed by atoms with Crippen molar-refractivity contribution in [3.05, 3.63) is 11.3 Å². The van der Waals surface area contributed by atoms with Gasteiger partial charge in [-0.25, -0.2) is 0 Å². The Kier molecular flexibility index (Phi) is 1.92. The molecule has 0 amide bonds. The third-order valence-electron chi connectivity index (χ3n) is 3.03. The number of nitrogens with zero attached hydrogens (tertiary/aromatic N) is 2. The third-order valence-corrected chi connectivity index (χ3v) is 3.28. The van der Waals surface area contributed by atoms with Crippen molar-refractivity contribution in [3.63, 3.8) is 0 Å².